The van der Waals surface area contributed by atoms with Crippen molar-refractivity contribution in [3.63, 3.8) is 0 Å². The van der Waals surface area contributed by atoms with Crippen LogP contribution in [0.3, 0.4) is 0 Å². The van der Waals surface area contributed by atoms with E-state index in [2.05, 4.69) is 18.8 Å². The Morgan fingerprint density at radius 1 is 1.04 bits per heavy atom. The summed E-state index contributed by atoms with van der Waals surface area (Å²) in [6.07, 6.45) is 12.5. The molecule has 0 saturated carbocycles. The van der Waals surface area contributed by atoms with Gasteiger partial charge in [-0.25, -0.2) is 9.78 Å². The fourth-order valence-corrected chi connectivity index (χ4v) is 3.41. The van der Waals surface area contributed by atoms with Gasteiger partial charge in [-0.2, -0.15) is 0 Å². The first-order valence-electron chi connectivity index (χ1n) is 9.88. The predicted molar refractivity (Wildman–Crippen MR) is 103 cm³/mol. The number of carboxylic acids is 1. The monoisotopic (exact) mass is 344 g/mol. The number of rotatable bonds is 12. The Balaban J connectivity index is 2.10. The number of carbonyl (C=O) groups is 1. The maximum absolute atomic E-state index is 11.2. The van der Waals surface area contributed by atoms with E-state index in [1.54, 1.807) is 12.1 Å². The van der Waals surface area contributed by atoms with Crippen molar-refractivity contribution < 1.29 is 9.90 Å². The lowest BCUT2D eigenvalue weighted by Gasteiger charge is -2.14. The Morgan fingerprint density at radius 3 is 2.24 bits per heavy atom. The highest BCUT2D eigenvalue weighted by molar-refractivity contribution is 5.92. The zero-order valence-electron chi connectivity index (χ0n) is 15.7. The van der Waals surface area contributed by atoms with E-state index in [0.29, 0.717) is 11.5 Å². The minimum Gasteiger partial charge on any atom is -0.478 e. The molecule has 0 atom stereocenters. The smallest absolute Gasteiger partial charge is 0.335 e. The Hall–Kier alpha value is -1.84. The number of nitrogens with one attached hydrogen (secondary N) is 1. The summed E-state index contributed by atoms with van der Waals surface area (Å²) < 4.78 is 0. The fourth-order valence-electron chi connectivity index (χ4n) is 3.41. The van der Waals surface area contributed by atoms with Gasteiger partial charge in [0.15, 0.2) is 0 Å². The van der Waals surface area contributed by atoms with Crippen LogP contribution in [0, 0.1) is 0 Å². The van der Waals surface area contributed by atoms with Gasteiger partial charge in [-0.1, -0.05) is 65.2 Å². The van der Waals surface area contributed by atoms with E-state index in [9.17, 15) is 4.79 Å². The summed E-state index contributed by atoms with van der Waals surface area (Å²) in [4.78, 5) is 19.3. The molecule has 0 unspecified atom stereocenters. The molecule has 0 fully saturated rings. The minimum atomic E-state index is -0.895. The lowest BCUT2D eigenvalue weighted by molar-refractivity contribution is 0.0697. The topological polar surface area (TPSA) is 66.0 Å². The Labute approximate surface area is 151 Å². The van der Waals surface area contributed by atoms with Crippen LogP contribution in [0.25, 0.3) is 11.0 Å². The molecule has 0 saturated heterocycles. The van der Waals surface area contributed by atoms with Gasteiger partial charge in [0, 0.05) is 5.92 Å². The lowest BCUT2D eigenvalue weighted by Crippen LogP contribution is -2.02. The molecule has 0 aliphatic carbocycles. The van der Waals surface area contributed by atoms with Crippen molar-refractivity contribution in [3.05, 3.63) is 29.6 Å². The average molecular weight is 344 g/mol. The summed E-state index contributed by atoms with van der Waals surface area (Å²) in [6, 6.07) is 5.14. The number of hydrogen-bond acceptors (Lipinski definition) is 2. The maximum atomic E-state index is 11.2. The summed E-state index contributed by atoms with van der Waals surface area (Å²) in [5, 5.41) is 9.16. The standard InChI is InChI=1S/C21H32N2O2/c1-3-5-7-9-11-16(12-10-8-6-4-2)20-22-18-14-13-17(21(24)25)15-19(18)23-20/h13-16H,3-12H2,1-2H3,(H,22,23)(H,24,25). The van der Waals surface area contributed by atoms with E-state index in [-0.39, 0.29) is 0 Å². The molecule has 2 aromatic rings. The first-order valence-corrected chi connectivity index (χ1v) is 9.88. The van der Waals surface area contributed by atoms with Crippen molar-refractivity contribution >= 4 is 17.0 Å². The highest BCUT2D eigenvalue weighted by atomic mass is 16.4. The molecular formula is C21H32N2O2. The van der Waals surface area contributed by atoms with Crippen LogP contribution >= 0.6 is 0 Å². The molecule has 0 aliphatic rings. The number of benzene rings is 1. The van der Waals surface area contributed by atoms with Gasteiger partial charge in [0.1, 0.15) is 5.82 Å². The van der Waals surface area contributed by atoms with Crippen LogP contribution in [0.5, 0.6) is 0 Å². The molecule has 0 spiro atoms. The molecule has 0 bridgehead atoms. The average Bonchev–Trinajstić information content (AvgIpc) is 3.03. The summed E-state index contributed by atoms with van der Waals surface area (Å²) in [7, 11) is 0. The molecule has 2 N–H and O–H groups in total. The number of nitrogens with zero attached hydrogens (tertiary/aromatic N) is 1. The predicted octanol–water partition coefficient (Wildman–Crippen LogP) is 6.29. The number of unbranched alkanes of at least 4 members (excludes halogenated alkanes) is 6. The normalized spacial score (nSPS) is 11.5. The molecule has 0 radical (unpaired) electrons. The first kappa shape index (κ1) is 19.5. The van der Waals surface area contributed by atoms with E-state index in [0.717, 1.165) is 29.7 Å². The van der Waals surface area contributed by atoms with Gasteiger partial charge in [-0.3, -0.25) is 0 Å². The van der Waals surface area contributed by atoms with Crippen molar-refractivity contribution in [2.45, 2.75) is 84.0 Å². The zero-order chi connectivity index (χ0) is 18.1. The zero-order valence-corrected chi connectivity index (χ0v) is 15.7. The van der Waals surface area contributed by atoms with Gasteiger partial charge in [0.25, 0.3) is 0 Å². The van der Waals surface area contributed by atoms with Crippen LogP contribution in [0.2, 0.25) is 0 Å². The van der Waals surface area contributed by atoms with E-state index in [4.69, 9.17) is 10.1 Å². The number of hydrogen-bond donors (Lipinski definition) is 2. The summed E-state index contributed by atoms with van der Waals surface area (Å²) in [5.74, 6) is 0.591. The molecule has 25 heavy (non-hydrogen) atoms. The third kappa shape index (κ3) is 5.87. The second-order valence-electron chi connectivity index (χ2n) is 7.05. The summed E-state index contributed by atoms with van der Waals surface area (Å²) in [6.45, 7) is 4.48. The molecule has 1 aromatic heterocycles. The summed E-state index contributed by atoms with van der Waals surface area (Å²) in [5.41, 5.74) is 2.01. The molecule has 0 aliphatic heterocycles. The van der Waals surface area contributed by atoms with Gasteiger partial charge in [-0.05, 0) is 31.0 Å². The van der Waals surface area contributed by atoms with Crippen LogP contribution in [-0.2, 0) is 0 Å². The minimum absolute atomic E-state index is 0.310. The molecule has 4 nitrogen and oxygen atoms in total. The van der Waals surface area contributed by atoms with Crippen molar-refractivity contribution in [2.75, 3.05) is 0 Å². The van der Waals surface area contributed by atoms with Crippen LogP contribution < -0.4 is 0 Å². The van der Waals surface area contributed by atoms with Crippen LogP contribution in [0.1, 0.15) is 100 Å². The van der Waals surface area contributed by atoms with E-state index in [1.165, 1.54) is 51.4 Å². The molecule has 1 aromatic carbocycles. The lowest BCUT2D eigenvalue weighted by atomic mass is 9.94. The van der Waals surface area contributed by atoms with Gasteiger partial charge in [-0.15, -0.1) is 0 Å². The number of aromatic nitrogens is 2. The molecule has 1 heterocycles. The largest absolute Gasteiger partial charge is 0.478 e. The van der Waals surface area contributed by atoms with E-state index >= 15 is 0 Å². The Bertz CT molecular complexity index is 651. The highest BCUT2D eigenvalue weighted by Crippen LogP contribution is 2.28. The number of aromatic carboxylic acids is 1. The van der Waals surface area contributed by atoms with Crippen molar-refractivity contribution in [1.82, 2.24) is 9.97 Å². The molecule has 4 heteroatoms. The van der Waals surface area contributed by atoms with Gasteiger partial charge in [0.2, 0.25) is 0 Å². The third-order valence-corrected chi connectivity index (χ3v) is 4.95. The molecule has 2 rings (SSSR count). The van der Waals surface area contributed by atoms with E-state index in [1.807, 2.05) is 6.07 Å². The van der Waals surface area contributed by atoms with Gasteiger partial charge in [0.05, 0.1) is 16.6 Å². The van der Waals surface area contributed by atoms with Crippen LogP contribution in [-0.4, -0.2) is 21.0 Å². The number of carboxylic acid groups (broad SMARTS) is 1. The SMILES string of the molecule is CCCCCCC(CCCCCC)c1nc2ccc(C(=O)O)cc2[nH]1. The van der Waals surface area contributed by atoms with E-state index < -0.39 is 5.97 Å². The number of aromatic amines is 1. The quantitative estimate of drug-likeness (QED) is 0.445. The molecule has 0 amide bonds. The highest BCUT2D eigenvalue weighted by Gasteiger charge is 2.16. The fraction of sp³-hybridized carbons (Fsp3) is 0.619. The van der Waals surface area contributed by atoms with Crippen LogP contribution in [0.4, 0.5) is 0 Å². The number of fused-ring (bicyclic) bond motifs is 1. The molecular weight excluding hydrogens is 312 g/mol. The summed E-state index contributed by atoms with van der Waals surface area (Å²) >= 11 is 0. The van der Waals surface area contributed by atoms with Crippen molar-refractivity contribution in [2.24, 2.45) is 0 Å². The van der Waals surface area contributed by atoms with Crippen molar-refractivity contribution in [3.8, 4) is 0 Å². The maximum Gasteiger partial charge on any atom is 0.335 e. The van der Waals surface area contributed by atoms with Crippen molar-refractivity contribution in [1.29, 1.82) is 0 Å². The Kier molecular flexibility index (Phi) is 7.96. The molecule has 138 valence electrons. The van der Waals surface area contributed by atoms with Gasteiger partial charge < -0.3 is 10.1 Å². The second kappa shape index (κ2) is 10.2. The number of imidazole rings is 1. The second-order valence-corrected chi connectivity index (χ2v) is 7.05. The number of H-pyrrole nitrogens is 1. The Morgan fingerprint density at radius 2 is 1.68 bits per heavy atom. The van der Waals surface area contributed by atoms with Gasteiger partial charge >= 0.3 is 5.97 Å². The van der Waals surface area contributed by atoms with Crippen LogP contribution in [0.15, 0.2) is 18.2 Å². The first-order chi connectivity index (χ1) is 12.2. The third-order valence-electron chi connectivity index (χ3n) is 4.95.